The quantitative estimate of drug-likeness (QED) is 0.787. The number of benzene rings is 1. The number of rotatable bonds is 7. The van der Waals surface area contributed by atoms with Gasteiger partial charge in [0.1, 0.15) is 4.90 Å². The largest absolute Gasteiger partial charge is 0.326 e. The van der Waals surface area contributed by atoms with Crippen LogP contribution in [0.3, 0.4) is 0 Å². The number of halogens is 2. The van der Waals surface area contributed by atoms with Gasteiger partial charge in [0.25, 0.3) is 0 Å². The van der Waals surface area contributed by atoms with E-state index in [2.05, 4.69) is 4.72 Å². The van der Waals surface area contributed by atoms with Crippen molar-refractivity contribution in [3.8, 4) is 0 Å². The van der Waals surface area contributed by atoms with Crippen LogP contribution >= 0.6 is 23.2 Å². The zero-order chi connectivity index (χ0) is 16.2. The van der Waals surface area contributed by atoms with Gasteiger partial charge in [-0.25, -0.2) is 13.1 Å². The second kappa shape index (κ2) is 7.79. The third-order valence-corrected chi connectivity index (χ3v) is 6.24. The average molecular weight is 353 g/mol. The van der Waals surface area contributed by atoms with Gasteiger partial charge in [0.05, 0.1) is 5.02 Å². The SMILES string of the molecule is CCC(CC)C(C)NS(=O)(=O)c1ccc(Cl)c(CN)c1Cl. The van der Waals surface area contributed by atoms with Crippen LogP contribution < -0.4 is 10.5 Å². The van der Waals surface area contributed by atoms with E-state index in [1.807, 2.05) is 20.8 Å². The molecule has 0 aliphatic heterocycles. The Hall–Kier alpha value is -0.330. The van der Waals surface area contributed by atoms with E-state index < -0.39 is 10.0 Å². The summed E-state index contributed by atoms with van der Waals surface area (Å²) >= 11 is 12.1. The van der Waals surface area contributed by atoms with Gasteiger partial charge in [-0.05, 0) is 25.0 Å². The Balaban J connectivity index is 3.15. The van der Waals surface area contributed by atoms with Crippen molar-refractivity contribution in [3.05, 3.63) is 27.7 Å². The first kappa shape index (κ1) is 18.7. The summed E-state index contributed by atoms with van der Waals surface area (Å²) in [5.74, 6) is 0.278. The maximum absolute atomic E-state index is 12.5. The predicted molar refractivity (Wildman–Crippen MR) is 88.2 cm³/mol. The molecule has 0 amide bonds. The van der Waals surface area contributed by atoms with Gasteiger partial charge >= 0.3 is 0 Å². The predicted octanol–water partition coefficient (Wildman–Crippen LogP) is 3.56. The first-order valence-corrected chi connectivity index (χ1v) is 9.21. The molecule has 1 atom stereocenters. The number of sulfonamides is 1. The van der Waals surface area contributed by atoms with Crippen molar-refractivity contribution < 1.29 is 8.42 Å². The number of hydrogen-bond donors (Lipinski definition) is 2. The van der Waals surface area contributed by atoms with Crippen LogP contribution in [0.15, 0.2) is 17.0 Å². The minimum Gasteiger partial charge on any atom is -0.326 e. The van der Waals surface area contributed by atoms with Crippen LogP contribution in [-0.4, -0.2) is 14.5 Å². The fourth-order valence-corrected chi connectivity index (χ4v) is 4.62. The van der Waals surface area contributed by atoms with Crippen molar-refractivity contribution in [1.82, 2.24) is 4.72 Å². The minimum absolute atomic E-state index is 0.0202. The van der Waals surface area contributed by atoms with Crippen LogP contribution in [0, 0.1) is 5.92 Å². The number of hydrogen-bond acceptors (Lipinski definition) is 3. The molecule has 120 valence electrons. The first-order chi connectivity index (χ1) is 9.78. The van der Waals surface area contributed by atoms with Crippen molar-refractivity contribution in [3.63, 3.8) is 0 Å². The Labute approximate surface area is 137 Å². The van der Waals surface area contributed by atoms with Crippen LogP contribution in [0.4, 0.5) is 0 Å². The van der Waals surface area contributed by atoms with Gasteiger partial charge in [-0.3, -0.25) is 0 Å². The van der Waals surface area contributed by atoms with Gasteiger partial charge < -0.3 is 5.73 Å². The molecule has 0 heterocycles. The monoisotopic (exact) mass is 352 g/mol. The minimum atomic E-state index is -3.70. The lowest BCUT2D eigenvalue weighted by molar-refractivity contribution is 0.391. The molecule has 4 nitrogen and oxygen atoms in total. The zero-order valence-electron chi connectivity index (χ0n) is 12.5. The van der Waals surface area contributed by atoms with E-state index in [1.54, 1.807) is 0 Å². The summed E-state index contributed by atoms with van der Waals surface area (Å²) in [5.41, 5.74) is 6.01. The second-order valence-electron chi connectivity index (χ2n) is 5.03. The molecule has 1 aromatic rings. The standard InChI is InChI=1S/C14H22Cl2N2O2S/c1-4-10(5-2)9(3)18-21(19,20)13-7-6-12(15)11(8-17)14(13)16/h6-7,9-10,18H,4-5,8,17H2,1-3H3. The fourth-order valence-electron chi connectivity index (χ4n) is 2.37. The third-order valence-electron chi connectivity index (χ3n) is 3.74. The molecule has 0 aromatic heterocycles. The Morgan fingerprint density at radius 2 is 1.81 bits per heavy atom. The molecule has 1 unspecified atom stereocenters. The van der Waals surface area contributed by atoms with E-state index in [9.17, 15) is 8.42 Å². The Morgan fingerprint density at radius 1 is 1.24 bits per heavy atom. The summed E-state index contributed by atoms with van der Waals surface area (Å²) in [6, 6.07) is 2.75. The van der Waals surface area contributed by atoms with Crippen LogP contribution in [-0.2, 0) is 16.6 Å². The molecule has 0 saturated carbocycles. The van der Waals surface area contributed by atoms with Crippen LogP contribution in [0.2, 0.25) is 10.0 Å². The van der Waals surface area contributed by atoms with E-state index in [4.69, 9.17) is 28.9 Å². The highest BCUT2D eigenvalue weighted by atomic mass is 35.5. The molecule has 0 aliphatic rings. The van der Waals surface area contributed by atoms with E-state index in [0.717, 1.165) is 12.8 Å². The van der Waals surface area contributed by atoms with E-state index in [1.165, 1.54) is 12.1 Å². The highest BCUT2D eigenvalue weighted by Gasteiger charge is 2.25. The molecular weight excluding hydrogens is 331 g/mol. The van der Waals surface area contributed by atoms with Crippen LogP contribution in [0.25, 0.3) is 0 Å². The highest BCUT2D eigenvalue weighted by Crippen LogP contribution is 2.31. The van der Waals surface area contributed by atoms with Gasteiger partial charge in [-0.2, -0.15) is 0 Å². The molecule has 0 spiro atoms. The van der Waals surface area contributed by atoms with Crippen molar-refractivity contribution >= 4 is 33.2 Å². The number of nitrogens with one attached hydrogen (secondary N) is 1. The summed E-state index contributed by atoms with van der Waals surface area (Å²) in [6.07, 6.45) is 1.81. The Bertz CT molecular complexity index is 587. The van der Waals surface area contributed by atoms with Gasteiger partial charge in [0, 0.05) is 23.2 Å². The van der Waals surface area contributed by atoms with E-state index >= 15 is 0 Å². The molecule has 0 fully saturated rings. The van der Waals surface area contributed by atoms with Crippen molar-refractivity contribution in [2.75, 3.05) is 0 Å². The van der Waals surface area contributed by atoms with Crippen LogP contribution in [0.1, 0.15) is 39.2 Å². The Morgan fingerprint density at radius 3 is 2.29 bits per heavy atom. The molecule has 3 N–H and O–H groups in total. The molecule has 1 rings (SSSR count). The van der Waals surface area contributed by atoms with Gasteiger partial charge in [-0.15, -0.1) is 0 Å². The van der Waals surface area contributed by atoms with Crippen molar-refractivity contribution in [2.24, 2.45) is 11.7 Å². The molecule has 0 aliphatic carbocycles. The van der Waals surface area contributed by atoms with Crippen molar-refractivity contribution in [2.45, 2.75) is 51.1 Å². The summed E-state index contributed by atoms with van der Waals surface area (Å²) < 4.78 is 27.7. The maximum atomic E-state index is 12.5. The van der Waals surface area contributed by atoms with Gasteiger partial charge in [0.15, 0.2) is 0 Å². The van der Waals surface area contributed by atoms with Gasteiger partial charge in [0.2, 0.25) is 10.0 Å². The summed E-state index contributed by atoms with van der Waals surface area (Å²) in [5, 5.41) is 0.462. The molecular formula is C14H22Cl2N2O2S. The van der Waals surface area contributed by atoms with E-state index in [-0.39, 0.29) is 28.4 Å². The zero-order valence-corrected chi connectivity index (χ0v) is 14.8. The van der Waals surface area contributed by atoms with Crippen LogP contribution in [0.5, 0.6) is 0 Å². The van der Waals surface area contributed by atoms with E-state index in [0.29, 0.717) is 10.6 Å². The lowest BCUT2D eigenvalue weighted by atomic mass is 9.96. The molecule has 7 heteroatoms. The molecule has 0 bridgehead atoms. The Kier molecular flexibility index (Phi) is 6.94. The molecule has 0 radical (unpaired) electrons. The fraction of sp³-hybridized carbons (Fsp3) is 0.571. The second-order valence-corrected chi connectivity index (χ2v) is 7.50. The topological polar surface area (TPSA) is 72.2 Å². The molecule has 21 heavy (non-hydrogen) atoms. The van der Waals surface area contributed by atoms with Crippen molar-refractivity contribution in [1.29, 1.82) is 0 Å². The smallest absolute Gasteiger partial charge is 0.242 e. The normalized spacial score (nSPS) is 13.7. The summed E-state index contributed by atoms with van der Waals surface area (Å²) in [7, 11) is -3.70. The average Bonchev–Trinajstić information content (AvgIpc) is 2.39. The maximum Gasteiger partial charge on any atom is 0.242 e. The number of nitrogens with two attached hydrogens (primary N) is 1. The summed E-state index contributed by atoms with van der Waals surface area (Å²) in [4.78, 5) is 0.0202. The third kappa shape index (κ3) is 4.33. The van der Waals surface area contributed by atoms with Gasteiger partial charge in [-0.1, -0.05) is 49.9 Å². The highest BCUT2D eigenvalue weighted by molar-refractivity contribution is 7.89. The molecule has 1 aromatic carbocycles. The first-order valence-electron chi connectivity index (χ1n) is 6.97. The lowest BCUT2D eigenvalue weighted by Crippen LogP contribution is -2.37. The molecule has 0 saturated heterocycles. The lowest BCUT2D eigenvalue weighted by Gasteiger charge is -2.23. The summed E-state index contributed by atoms with van der Waals surface area (Å²) in [6.45, 7) is 6.04.